The summed E-state index contributed by atoms with van der Waals surface area (Å²) in [5, 5.41) is 7.90. The summed E-state index contributed by atoms with van der Waals surface area (Å²) in [7, 11) is 0. The van der Waals surface area contributed by atoms with Gasteiger partial charge >= 0.3 is 5.76 Å². The van der Waals surface area contributed by atoms with Gasteiger partial charge in [-0.25, -0.2) is 9.78 Å². The normalized spacial score (nSPS) is 19.2. The molecule has 11 heteroatoms. The average Bonchev–Trinajstić information content (AvgIpc) is 2.99. The van der Waals surface area contributed by atoms with E-state index in [0.29, 0.717) is 41.2 Å². The molecule has 2 aromatic heterocycles. The highest BCUT2D eigenvalue weighted by atomic mass is 35.5. The quantitative estimate of drug-likeness (QED) is 0.617. The molecule has 0 aliphatic carbocycles. The van der Waals surface area contributed by atoms with Crippen molar-refractivity contribution in [2.45, 2.75) is 12.2 Å². The van der Waals surface area contributed by atoms with Gasteiger partial charge < -0.3 is 14.8 Å². The van der Waals surface area contributed by atoms with E-state index >= 15 is 0 Å². The zero-order chi connectivity index (χ0) is 19.5. The Balaban J connectivity index is 0.00000240. The summed E-state index contributed by atoms with van der Waals surface area (Å²) in [5.74, 6) is -0.117. The van der Waals surface area contributed by atoms with Crippen molar-refractivity contribution < 1.29 is 14.0 Å². The molecule has 2 N–H and O–H groups in total. The summed E-state index contributed by atoms with van der Waals surface area (Å²) >= 11 is 12.2. The van der Waals surface area contributed by atoms with Gasteiger partial charge in [-0.3, -0.25) is 9.51 Å². The predicted octanol–water partition coefficient (Wildman–Crippen LogP) is 3.26. The molecule has 8 nitrogen and oxygen atoms in total. The maximum absolute atomic E-state index is 11.3. The zero-order valence-corrected chi connectivity index (χ0v) is 17.3. The molecule has 4 rings (SSSR count). The molecular formula is C18H17Cl3N4O4. The van der Waals surface area contributed by atoms with Crippen LogP contribution in [0.1, 0.15) is 11.7 Å². The van der Waals surface area contributed by atoms with Crippen LogP contribution in [-0.2, 0) is 4.74 Å². The van der Waals surface area contributed by atoms with Gasteiger partial charge in [-0.1, -0.05) is 34.4 Å². The minimum atomic E-state index is -0.655. The SMILES string of the molecule is Cl.O=c1[nH]c(-c2cccnc2OC2CNCCOC2c2ccc(Cl)c(Cl)c2)no1. The lowest BCUT2D eigenvalue weighted by molar-refractivity contribution is -0.00981. The number of aromatic nitrogens is 3. The third kappa shape index (κ3) is 4.91. The van der Waals surface area contributed by atoms with Gasteiger partial charge in [0.05, 0.1) is 22.2 Å². The van der Waals surface area contributed by atoms with Gasteiger partial charge in [0.15, 0.2) is 5.82 Å². The Kier molecular flexibility index (Phi) is 7.15. The highest BCUT2D eigenvalue weighted by Crippen LogP contribution is 2.33. The number of nitrogens with one attached hydrogen (secondary N) is 2. The maximum Gasteiger partial charge on any atom is 0.439 e. The number of benzene rings is 1. The molecule has 3 heterocycles. The number of rotatable bonds is 4. The van der Waals surface area contributed by atoms with Crippen LogP contribution in [0, 0.1) is 0 Å². The molecule has 0 bridgehead atoms. The predicted molar refractivity (Wildman–Crippen MR) is 110 cm³/mol. The van der Waals surface area contributed by atoms with Gasteiger partial charge in [-0.05, 0) is 29.8 Å². The molecule has 1 aliphatic rings. The maximum atomic E-state index is 11.3. The summed E-state index contributed by atoms with van der Waals surface area (Å²) in [6.07, 6.45) is 0.791. The average molecular weight is 460 g/mol. The van der Waals surface area contributed by atoms with Crippen molar-refractivity contribution in [2.75, 3.05) is 19.7 Å². The van der Waals surface area contributed by atoms with Gasteiger partial charge in [0.25, 0.3) is 0 Å². The van der Waals surface area contributed by atoms with Crippen LogP contribution in [0.3, 0.4) is 0 Å². The minimum Gasteiger partial charge on any atom is -0.469 e. The first-order valence-electron chi connectivity index (χ1n) is 8.57. The first-order chi connectivity index (χ1) is 13.6. The smallest absolute Gasteiger partial charge is 0.439 e. The topological polar surface area (TPSA) is 102 Å². The first-order valence-corrected chi connectivity index (χ1v) is 9.33. The van der Waals surface area contributed by atoms with Gasteiger partial charge in [-0.15, -0.1) is 12.4 Å². The summed E-state index contributed by atoms with van der Waals surface area (Å²) < 4.78 is 16.8. The number of halogens is 3. The van der Waals surface area contributed by atoms with Gasteiger partial charge in [0.1, 0.15) is 12.2 Å². The van der Waals surface area contributed by atoms with E-state index in [-0.39, 0.29) is 18.2 Å². The van der Waals surface area contributed by atoms with Crippen molar-refractivity contribution in [1.29, 1.82) is 0 Å². The third-order valence-electron chi connectivity index (χ3n) is 4.26. The van der Waals surface area contributed by atoms with E-state index in [4.69, 9.17) is 32.7 Å². The molecule has 1 aromatic carbocycles. The second-order valence-electron chi connectivity index (χ2n) is 6.13. The van der Waals surface area contributed by atoms with E-state index in [1.807, 2.05) is 6.07 Å². The van der Waals surface area contributed by atoms with Crippen LogP contribution in [-0.4, -0.2) is 40.9 Å². The van der Waals surface area contributed by atoms with Crippen LogP contribution in [0.5, 0.6) is 5.88 Å². The number of ether oxygens (including phenoxy) is 2. The van der Waals surface area contributed by atoms with Crippen molar-refractivity contribution in [2.24, 2.45) is 0 Å². The number of hydrogen-bond acceptors (Lipinski definition) is 7. The number of aromatic amines is 1. The molecule has 2 unspecified atom stereocenters. The highest BCUT2D eigenvalue weighted by molar-refractivity contribution is 6.42. The lowest BCUT2D eigenvalue weighted by Gasteiger charge is -2.26. The van der Waals surface area contributed by atoms with E-state index in [1.54, 1.807) is 30.5 Å². The zero-order valence-electron chi connectivity index (χ0n) is 14.9. The van der Waals surface area contributed by atoms with Crippen molar-refractivity contribution in [3.63, 3.8) is 0 Å². The fourth-order valence-corrected chi connectivity index (χ4v) is 3.28. The second kappa shape index (κ2) is 9.60. The van der Waals surface area contributed by atoms with Crippen LogP contribution in [0.4, 0.5) is 0 Å². The lowest BCUT2D eigenvalue weighted by Crippen LogP contribution is -2.34. The highest BCUT2D eigenvalue weighted by Gasteiger charge is 2.30. The Bertz CT molecular complexity index is 1030. The van der Waals surface area contributed by atoms with E-state index in [9.17, 15) is 4.79 Å². The molecule has 2 atom stereocenters. The van der Waals surface area contributed by atoms with Crippen LogP contribution < -0.4 is 15.8 Å². The number of H-pyrrole nitrogens is 1. The standard InChI is InChI=1S/C18H16Cl2N4O4.ClH/c19-12-4-3-10(8-13(12)20)15-14(9-21-6-7-26-15)27-17-11(2-1-5-22-17)16-23-18(25)28-24-16;/h1-5,8,14-15,21H,6-7,9H2,(H,23,24,25);1H. The van der Waals surface area contributed by atoms with E-state index in [0.717, 1.165) is 5.56 Å². The fraction of sp³-hybridized carbons (Fsp3) is 0.278. The first kappa shape index (κ1) is 21.6. The Morgan fingerprint density at radius 2 is 2.07 bits per heavy atom. The molecular weight excluding hydrogens is 443 g/mol. The van der Waals surface area contributed by atoms with Gasteiger partial charge in [-0.2, -0.15) is 0 Å². The van der Waals surface area contributed by atoms with Gasteiger partial charge in [0.2, 0.25) is 5.88 Å². The molecule has 154 valence electrons. The minimum absolute atomic E-state index is 0. The molecule has 0 radical (unpaired) electrons. The molecule has 29 heavy (non-hydrogen) atoms. The summed E-state index contributed by atoms with van der Waals surface area (Å²) in [6, 6.07) is 8.80. The van der Waals surface area contributed by atoms with Crippen LogP contribution >= 0.6 is 35.6 Å². The lowest BCUT2D eigenvalue weighted by atomic mass is 10.0. The Hall–Kier alpha value is -2.10. The Morgan fingerprint density at radius 1 is 1.21 bits per heavy atom. The second-order valence-corrected chi connectivity index (χ2v) is 6.94. The van der Waals surface area contributed by atoms with E-state index < -0.39 is 18.0 Å². The van der Waals surface area contributed by atoms with Crippen LogP contribution in [0.25, 0.3) is 11.4 Å². The molecule has 0 saturated carbocycles. The van der Waals surface area contributed by atoms with Crippen LogP contribution in [0.15, 0.2) is 45.8 Å². The Labute approximate surface area is 181 Å². The number of pyridine rings is 1. The largest absolute Gasteiger partial charge is 0.469 e. The number of nitrogens with zero attached hydrogens (tertiary/aromatic N) is 2. The van der Waals surface area contributed by atoms with E-state index in [1.165, 1.54) is 0 Å². The van der Waals surface area contributed by atoms with Crippen molar-refractivity contribution in [1.82, 2.24) is 20.4 Å². The van der Waals surface area contributed by atoms with Crippen molar-refractivity contribution in [3.05, 3.63) is 62.7 Å². The molecule has 1 aliphatic heterocycles. The molecule has 1 fully saturated rings. The summed E-state index contributed by atoms with van der Waals surface area (Å²) in [6.45, 7) is 1.72. The molecule has 0 spiro atoms. The molecule has 0 amide bonds. The summed E-state index contributed by atoms with van der Waals surface area (Å²) in [5.41, 5.74) is 1.35. The monoisotopic (exact) mass is 458 g/mol. The van der Waals surface area contributed by atoms with Crippen molar-refractivity contribution in [3.8, 4) is 17.3 Å². The Morgan fingerprint density at radius 3 is 2.83 bits per heavy atom. The number of hydrogen-bond donors (Lipinski definition) is 2. The van der Waals surface area contributed by atoms with Crippen molar-refractivity contribution >= 4 is 35.6 Å². The summed E-state index contributed by atoms with van der Waals surface area (Å²) in [4.78, 5) is 18.1. The van der Waals surface area contributed by atoms with E-state index in [2.05, 4.69) is 25.0 Å². The van der Waals surface area contributed by atoms with Crippen LogP contribution in [0.2, 0.25) is 10.0 Å². The fourth-order valence-electron chi connectivity index (χ4n) is 2.97. The van der Waals surface area contributed by atoms with Gasteiger partial charge in [0, 0.05) is 19.3 Å². The third-order valence-corrected chi connectivity index (χ3v) is 5.00. The molecule has 3 aromatic rings. The molecule has 1 saturated heterocycles.